The highest BCUT2D eigenvalue weighted by Gasteiger charge is 2.13. The summed E-state index contributed by atoms with van der Waals surface area (Å²) in [5.41, 5.74) is 7.68. The number of imidazole rings is 1. The molecule has 0 aromatic carbocycles. The normalized spacial score (nSPS) is 10.5. The number of nitrogens with zero attached hydrogens (tertiary/aromatic N) is 3. The fraction of sp³-hybridized carbons (Fsp3) is 0.0769. The Morgan fingerprint density at radius 2 is 2.10 bits per heavy atom. The third-order valence-electron chi connectivity index (χ3n) is 2.89. The fourth-order valence-electron chi connectivity index (χ4n) is 1.93. The highest BCUT2D eigenvalue weighted by molar-refractivity contribution is 9.10. The zero-order valence-electron chi connectivity index (χ0n) is 10.3. The molecule has 0 unspecified atom stereocenters. The molecule has 4 nitrogen and oxygen atoms in total. The van der Waals surface area contributed by atoms with Crippen molar-refractivity contribution in [1.29, 1.82) is 0 Å². The highest BCUT2D eigenvalue weighted by Crippen LogP contribution is 2.21. The molecule has 0 aliphatic rings. The molecule has 20 heavy (non-hydrogen) atoms. The van der Waals surface area contributed by atoms with E-state index in [1.807, 2.05) is 51.7 Å². The van der Waals surface area contributed by atoms with Crippen LogP contribution in [0.4, 0.5) is 5.82 Å². The Morgan fingerprint density at radius 1 is 1.30 bits per heavy atom. The average Bonchev–Trinajstić information content (AvgIpc) is 2.70. The number of fused-ring (bicyclic) bond motifs is 1. The molecule has 2 N–H and O–H groups in total. The minimum atomic E-state index is 0. The highest BCUT2D eigenvalue weighted by atomic mass is 79.9. The van der Waals surface area contributed by atoms with Gasteiger partial charge < -0.3 is 17.0 Å². The Morgan fingerprint density at radius 3 is 2.85 bits per heavy atom. The van der Waals surface area contributed by atoms with Gasteiger partial charge in [0.1, 0.15) is 22.5 Å². The maximum Gasteiger partial charge on any atom is 0.272 e. The maximum absolute atomic E-state index is 5.99. The van der Waals surface area contributed by atoms with Gasteiger partial charge >= 0.3 is 0 Å². The summed E-state index contributed by atoms with van der Waals surface area (Å²) in [6, 6.07) is 9.42. The van der Waals surface area contributed by atoms with Crippen LogP contribution < -0.4 is 27.3 Å². The van der Waals surface area contributed by atoms with Gasteiger partial charge in [-0.15, -0.1) is 0 Å². The van der Waals surface area contributed by atoms with Crippen molar-refractivity contribution in [2.24, 2.45) is 0 Å². The molecule has 3 aromatic rings. The Balaban J connectivity index is 0.00000147. The summed E-state index contributed by atoms with van der Waals surface area (Å²) >= 11 is 9.55. The molecule has 0 aliphatic heterocycles. The van der Waals surface area contributed by atoms with Crippen LogP contribution in [-0.4, -0.2) is 9.38 Å². The molecule has 104 valence electrons. The largest absolute Gasteiger partial charge is 1.00 e. The van der Waals surface area contributed by atoms with Crippen molar-refractivity contribution in [1.82, 2.24) is 9.38 Å². The van der Waals surface area contributed by atoms with Crippen molar-refractivity contribution in [3.8, 4) is 0 Å². The van der Waals surface area contributed by atoms with Gasteiger partial charge in [-0.05, 0) is 34.1 Å². The Labute approximate surface area is 140 Å². The maximum atomic E-state index is 5.99. The lowest BCUT2D eigenvalue weighted by Crippen LogP contribution is -3.00. The van der Waals surface area contributed by atoms with E-state index < -0.39 is 0 Å². The van der Waals surface area contributed by atoms with Gasteiger partial charge in [-0.1, -0.05) is 17.7 Å². The first kappa shape index (κ1) is 15.3. The van der Waals surface area contributed by atoms with Gasteiger partial charge in [0, 0.05) is 12.3 Å². The van der Waals surface area contributed by atoms with Gasteiger partial charge in [0.2, 0.25) is 0 Å². The van der Waals surface area contributed by atoms with E-state index in [4.69, 9.17) is 17.3 Å². The Bertz CT molecular complexity index is 757. The molecule has 0 bridgehead atoms. The molecule has 0 aliphatic carbocycles. The van der Waals surface area contributed by atoms with Crippen molar-refractivity contribution in [2.75, 3.05) is 5.73 Å². The summed E-state index contributed by atoms with van der Waals surface area (Å²) in [6.45, 7) is 0.604. The number of anilines is 1. The van der Waals surface area contributed by atoms with Crippen LogP contribution in [0.2, 0.25) is 5.02 Å². The Hall–Kier alpha value is -1.11. The van der Waals surface area contributed by atoms with E-state index in [1.54, 1.807) is 0 Å². The minimum Gasteiger partial charge on any atom is -1.00 e. The number of pyridine rings is 2. The van der Waals surface area contributed by atoms with E-state index >= 15 is 0 Å². The molecule has 0 fully saturated rings. The summed E-state index contributed by atoms with van der Waals surface area (Å²) in [6.07, 6.45) is 3.76. The molecule has 0 atom stereocenters. The SMILES string of the molecule is Nc1cccc[n+]1Cc1nc2ccc(Cl)cn2c1Br.[Br-]. The lowest BCUT2D eigenvalue weighted by atomic mass is 10.4. The fourth-order valence-corrected chi connectivity index (χ4v) is 2.59. The first-order valence-electron chi connectivity index (χ1n) is 5.71. The molecule has 0 amide bonds. The third kappa shape index (κ3) is 2.82. The summed E-state index contributed by atoms with van der Waals surface area (Å²) in [5, 5.41) is 0.670. The molecule has 3 rings (SSSR count). The van der Waals surface area contributed by atoms with Crippen LogP contribution in [0.25, 0.3) is 5.65 Å². The number of nitrogen functional groups attached to an aromatic ring is 1. The van der Waals surface area contributed by atoms with Crippen molar-refractivity contribution in [2.45, 2.75) is 6.54 Å². The predicted octanol–water partition coefficient (Wildman–Crippen LogP) is -0.328. The van der Waals surface area contributed by atoms with Gasteiger partial charge in [0.25, 0.3) is 5.82 Å². The van der Waals surface area contributed by atoms with Gasteiger partial charge in [-0.3, -0.25) is 10.1 Å². The number of aromatic nitrogens is 3. The first-order valence-corrected chi connectivity index (χ1v) is 6.88. The molecular weight excluding hydrogens is 407 g/mol. The molecule has 3 heterocycles. The van der Waals surface area contributed by atoms with Crippen LogP contribution in [0.1, 0.15) is 5.69 Å². The van der Waals surface area contributed by atoms with Crippen LogP contribution in [-0.2, 0) is 6.54 Å². The number of hydrogen-bond acceptors (Lipinski definition) is 2. The molecule has 0 saturated carbocycles. The van der Waals surface area contributed by atoms with Crippen molar-refractivity contribution in [3.05, 3.63) is 58.0 Å². The van der Waals surface area contributed by atoms with Crippen molar-refractivity contribution >= 4 is 39.0 Å². The van der Waals surface area contributed by atoms with E-state index in [0.29, 0.717) is 17.4 Å². The molecule has 0 radical (unpaired) electrons. The van der Waals surface area contributed by atoms with E-state index in [0.717, 1.165) is 15.9 Å². The van der Waals surface area contributed by atoms with Crippen LogP contribution in [0.3, 0.4) is 0 Å². The number of rotatable bonds is 2. The molecular formula is C13H11Br2ClN4. The van der Waals surface area contributed by atoms with Crippen LogP contribution in [0, 0.1) is 0 Å². The van der Waals surface area contributed by atoms with E-state index in [-0.39, 0.29) is 17.0 Å². The van der Waals surface area contributed by atoms with E-state index in [9.17, 15) is 0 Å². The second kappa shape index (κ2) is 6.11. The number of hydrogen-bond donors (Lipinski definition) is 1. The topological polar surface area (TPSA) is 47.2 Å². The van der Waals surface area contributed by atoms with Crippen molar-refractivity contribution in [3.63, 3.8) is 0 Å². The zero-order chi connectivity index (χ0) is 13.4. The smallest absolute Gasteiger partial charge is 0.272 e. The predicted molar refractivity (Wildman–Crippen MR) is 78.1 cm³/mol. The summed E-state index contributed by atoms with van der Waals surface area (Å²) < 4.78 is 4.74. The van der Waals surface area contributed by atoms with Crippen LogP contribution in [0.5, 0.6) is 0 Å². The minimum absolute atomic E-state index is 0. The first-order chi connectivity index (χ1) is 9.15. The van der Waals surface area contributed by atoms with Gasteiger partial charge in [0.05, 0.1) is 11.2 Å². The van der Waals surface area contributed by atoms with Gasteiger partial charge in [0.15, 0.2) is 0 Å². The standard InChI is InChI=1S/C13H10BrClN4.BrH/c14-13-10(8-18-6-2-1-3-11(18)16)17-12-5-4-9(15)7-19(12)13;/h1-7,16H,8H2;1H. The summed E-state index contributed by atoms with van der Waals surface area (Å²) in [7, 11) is 0. The van der Waals surface area contributed by atoms with E-state index in [1.165, 1.54) is 0 Å². The number of nitrogens with two attached hydrogens (primary N) is 1. The molecule has 7 heteroatoms. The van der Waals surface area contributed by atoms with Gasteiger partial charge in [-0.25, -0.2) is 9.55 Å². The zero-order valence-corrected chi connectivity index (χ0v) is 14.2. The van der Waals surface area contributed by atoms with Gasteiger partial charge in [-0.2, -0.15) is 0 Å². The second-order valence-electron chi connectivity index (χ2n) is 4.18. The molecule has 0 spiro atoms. The lowest BCUT2D eigenvalue weighted by molar-refractivity contribution is -0.674. The molecule has 0 saturated heterocycles. The second-order valence-corrected chi connectivity index (χ2v) is 5.37. The monoisotopic (exact) mass is 416 g/mol. The number of halogens is 3. The Kier molecular flexibility index (Phi) is 4.67. The van der Waals surface area contributed by atoms with E-state index in [2.05, 4.69) is 20.9 Å². The quantitative estimate of drug-likeness (QED) is 0.580. The van der Waals surface area contributed by atoms with Crippen LogP contribution >= 0.6 is 27.5 Å². The van der Waals surface area contributed by atoms with Crippen LogP contribution in [0.15, 0.2) is 47.3 Å². The summed E-state index contributed by atoms with van der Waals surface area (Å²) in [4.78, 5) is 4.57. The van der Waals surface area contributed by atoms with Crippen molar-refractivity contribution < 1.29 is 21.5 Å². The average molecular weight is 419 g/mol. The third-order valence-corrected chi connectivity index (χ3v) is 3.95. The summed E-state index contributed by atoms with van der Waals surface area (Å²) in [5.74, 6) is 0.699. The lowest BCUT2D eigenvalue weighted by Gasteiger charge is -2.00. The molecule has 3 aromatic heterocycles.